The molecule has 0 saturated carbocycles. The summed E-state index contributed by atoms with van der Waals surface area (Å²) in [7, 11) is 0. The molecule has 9 heteroatoms. The van der Waals surface area contributed by atoms with E-state index in [1.54, 1.807) is 36.7 Å². The second kappa shape index (κ2) is 6.76. The number of fused-ring (bicyclic) bond motifs is 1. The highest BCUT2D eigenvalue weighted by Crippen LogP contribution is 2.21. The number of nitrogens with two attached hydrogens (primary N) is 1. The van der Waals surface area contributed by atoms with Crippen LogP contribution in [0, 0.1) is 0 Å². The largest absolute Gasteiger partial charge is 0.366 e. The number of rotatable bonds is 3. The lowest BCUT2D eigenvalue weighted by molar-refractivity contribution is 0.100. The molecule has 3 N–H and O–H groups in total. The summed E-state index contributed by atoms with van der Waals surface area (Å²) in [4.78, 5) is 28.0. The van der Waals surface area contributed by atoms with Crippen molar-refractivity contribution in [2.75, 3.05) is 5.32 Å². The van der Waals surface area contributed by atoms with Crippen LogP contribution in [0.5, 0.6) is 0 Å². The van der Waals surface area contributed by atoms with E-state index in [0.29, 0.717) is 21.4 Å². The summed E-state index contributed by atoms with van der Waals surface area (Å²) in [6.45, 7) is 0. The summed E-state index contributed by atoms with van der Waals surface area (Å²) < 4.78 is 2.18. The minimum absolute atomic E-state index is 0. The van der Waals surface area contributed by atoms with Crippen molar-refractivity contribution in [1.29, 1.82) is 0 Å². The molecule has 0 saturated heterocycles. The lowest BCUT2D eigenvalue weighted by Crippen LogP contribution is -2.18. The van der Waals surface area contributed by atoms with Crippen molar-refractivity contribution in [3.63, 3.8) is 0 Å². The van der Waals surface area contributed by atoms with Crippen LogP contribution in [0.3, 0.4) is 0 Å². The minimum atomic E-state index is -0.630. The summed E-state index contributed by atoms with van der Waals surface area (Å²) in [5.41, 5.74) is 6.61. The van der Waals surface area contributed by atoms with E-state index in [0.717, 1.165) is 0 Å². The van der Waals surface area contributed by atoms with Crippen LogP contribution < -0.4 is 11.1 Å². The number of benzene rings is 1. The Bertz CT molecular complexity index is 896. The van der Waals surface area contributed by atoms with E-state index in [9.17, 15) is 9.59 Å². The van der Waals surface area contributed by atoms with Gasteiger partial charge in [-0.1, -0.05) is 15.9 Å². The normalized spacial score (nSPS) is 10.1. The van der Waals surface area contributed by atoms with E-state index in [1.807, 2.05) is 0 Å². The van der Waals surface area contributed by atoms with Crippen molar-refractivity contribution < 1.29 is 9.59 Å². The van der Waals surface area contributed by atoms with Crippen molar-refractivity contribution in [3.05, 3.63) is 58.5 Å². The number of halogens is 2. The second-order valence-corrected chi connectivity index (χ2v) is 5.37. The number of hydrogen-bond donors (Lipinski definition) is 2. The van der Waals surface area contributed by atoms with Gasteiger partial charge in [0.15, 0.2) is 5.65 Å². The number of amides is 2. The highest BCUT2D eigenvalue weighted by atomic mass is 79.9. The molecule has 0 spiro atoms. The van der Waals surface area contributed by atoms with Crippen LogP contribution in [0.4, 0.5) is 5.69 Å². The van der Waals surface area contributed by atoms with Crippen molar-refractivity contribution in [1.82, 2.24) is 14.6 Å². The minimum Gasteiger partial charge on any atom is -0.366 e. The molecule has 7 nitrogen and oxygen atoms in total. The van der Waals surface area contributed by atoms with E-state index in [4.69, 9.17) is 5.73 Å². The maximum absolute atomic E-state index is 12.4. The van der Waals surface area contributed by atoms with Gasteiger partial charge in [-0.2, -0.15) is 5.10 Å². The van der Waals surface area contributed by atoms with E-state index in [1.165, 1.54) is 10.7 Å². The summed E-state index contributed by atoms with van der Waals surface area (Å²) in [6.07, 6.45) is 4.68. The second-order valence-electron chi connectivity index (χ2n) is 4.45. The molecule has 118 valence electrons. The lowest BCUT2D eigenvalue weighted by Gasteiger charge is -2.08. The summed E-state index contributed by atoms with van der Waals surface area (Å²) >= 11 is 3.26. The summed E-state index contributed by atoms with van der Waals surface area (Å²) in [5, 5.41) is 6.71. The molecular weight excluding hydrogens is 386 g/mol. The lowest BCUT2D eigenvalue weighted by atomic mass is 10.1. The molecule has 2 amide bonds. The highest BCUT2D eigenvalue weighted by Gasteiger charge is 2.16. The van der Waals surface area contributed by atoms with Gasteiger partial charge in [-0.3, -0.25) is 9.59 Å². The Balaban J connectivity index is 0.00000192. The first-order valence-electron chi connectivity index (χ1n) is 6.25. The van der Waals surface area contributed by atoms with Crippen molar-refractivity contribution in [2.24, 2.45) is 5.73 Å². The van der Waals surface area contributed by atoms with Gasteiger partial charge in [0.05, 0.1) is 17.4 Å². The molecule has 1 aromatic carbocycles. The standard InChI is InChI=1S/C14H10BrN5O2.ClH/c15-8-2-3-11(9(6-8)12(16)21)19-14(22)10-7-18-20-5-1-4-17-13(10)20;/h1-7H,(H2,16,21)(H,19,22);1H. The molecule has 0 radical (unpaired) electrons. The Morgan fingerprint density at radius 2 is 2.04 bits per heavy atom. The maximum Gasteiger partial charge on any atom is 0.261 e. The van der Waals surface area contributed by atoms with Gasteiger partial charge in [-0.25, -0.2) is 9.50 Å². The Morgan fingerprint density at radius 3 is 2.78 bits per heavy atom. The zero-order chi connectivity index (χ0) is 15.7. The van der Waals surface area contributed by atoms with Gasteiger partial charge in [0.25, 0.3) is 11.8 Å². The van der Waals surface area contributed by atoms with Crippen LogP contribution in [0.1, 0.15) is 20.7 Å². The van der Waals surface area contributed by atoms with Gasteiger partial charge in [-0.15, -0.1) is 12.4 Å². The predicted octanol–water partition coefficient (Wildman–Crippen LogP) is 2.26. The number of nitrogens with zero attached hydrogens (tertiary/aromatic N) is 3. The summed E-state index contributed by atoms with van der Waals surface area (Å²) in [6, 6.07) is 6.56. The number of carbonyl (C=O) groups is 2. The van der Waals surface area contributed by atoms with Gasteiger partial charge in [0.2, 0.25) is 0 Å². The van der Waals surface area contributed by atoms with E-state index < -0.39 is 11.8 Å². The zero-order valence-electron chi connectivity index (χ0n) is 11.6. The molecule has 0 atom stereocenters. The van der Waals surface area contributed by atoms with Crippen LogP contribution in [0.2, 0.25) is 0 Å². The average molecular weight is 397 g/mol. The molecule has 3 rings (SSSR count). The van der Waals surface area contributed by atoms with Crippen molar-refractivity contribution in [2.45, 2.75) is 0 Å². The maximum atomic E-state index is 12.4. The van der Waals surface area contributed by atoms with Gasteiger partial charge >= 0.3 is 0 Å². The first kappa shape index (κ1) is 16.9. The fourth-order valence-electron chi connectivity index (χ4n) is 2.01. The molecule has 0 aliphatic rings. The van der Waals surface area contributed by atoms with Crippen LogP contribution in [-0.4, -0.2) is 26.4 Å². The molecule has 23 heavy (non-hydrogen) atoms. The van der Waals surface area contributed by atoms with Gasteiger partial charge in [-0.05, 0) is 24.3 Å². The van der Waals surface area contributed by atoms with E-state index in [2.05, 4.69) is 31.3 Å². The van der Waals surface area contributed by atoms with Crippen LogP contribution in [-0.2, 0) is 0 Å². The predicted molar refractivity (Wildman–Crippen MR) is 90.8 cm³/mol. The molecular formula is C14H11BrClN5O2. The third kappa shape index (κ3) is 3.33. The zero-order valence-corrected chi connectivity index (χ0v) is 14.0. The molecule has 0 bridgehead atoms. The fourth-order valence-corrected chi connectivity index (χ4v) is 2.37. The van der Waals surface area contributed by atoms with Crippen LogP contribution in [0.25, 0.3) is 5.65 Å². The number of hydrogen-bond acceptors (Lipinski definition) is 4. The Kier molecular flexibility index (Phi) is 4.97. The molecule has 0 unspecified atom stereocenters. The molecule has 0 fully saturated rings. The molecule has 2 aromatic heterocycles. The number of anilines is 1. The van der Waals surface area contributed by atoms with Gasteiger partial charge in [0, 0.05) is 16.9 Å². The molecule has 0 aliphatic carbocycles. The van der Waals surface area contributed by atoms with Crippen LogP contribution in [0.15, 0.2) is 47.3 Å². The van der Waals surface area contributed by atoms with Gasteiger partial charge < -0.3 is 11.1 Å². The van der Waals surface area contributed by atoms with E-state index in [-0.39, 0.29) is 18.0 Å². The average Bonchev–Trinajstić information content (AvgIpc) is 2.93. The fraction of sp³-hybridized carbons (Fsp3) is 0. The molecule has 2 heterocycles. The Hall–Kier alpha value is -2.45. The topological polar surface area (TPSA) is 102 Å². The number of carbonyl (C=O) groups excluding carboxylic acids is 2. The number of aromatic nitrogens is 3. The Morgan fingerprint density at radius 1 is 1.26 bits per heavy atom. The van der Waals surface area contributed by atoms with E-state index >= 15 is 0 Å². The SMILES string of the molecule is Cl.NC(=O)c1cc(Br)ccc1NC(=O)c1cnn2cccnc12. The summed E-state index contributed by atoms with van der Waals surface area (Å²) in [5.74, 6) is -1.05. The smallest absolute Gasteiger partial charge is 0.261 e. The van der Waals surface area contributed by atoms with Gasteiger partial charge in [0.1, 0.15) is 5.56 Å². The number of primary amides is 1. The molecule has 3 aromatic rings. The first-order chi connectivity index (χ1) is 10.6. The first-order valence-corrected chi connectivity index (χ1v) is 7.04. The van der Waals surface area contributed by atoms with Crippen LogP contribution >= 0.6 is 28.3 Å². The monoisotopic (exact) mass is 395 g/mol. The third-order valence-electron chi connectivity index (χ3n) is 3.02. The quantitative estimate of drug-likeness (QED) is 0.709. The number of nitrogens with one attached hydrogen (secondary N) is 1. The Labute approximate surface area is 145 Å². The van der Waals surface area contributed by atoms with Crippen molar-refractivity contribution >= 4 is 51.5 Å². The molecule has 0 aliphatic heterocycles. The third-order valence-corrected chi connectivity index (χ3v) is 3.51. The highest BCUT2D eigenvalue weighted by molar-refractivity contribution is 9.10. The van der Waals surface area contributed by atoms with Crippen molar-refractivity contribution in [3.8, 4) is 0 Å².